The van der Waals surface area contributed by atoms with Gasteiger partial charge in [0, 0.05) is 29.9 Å². The van der Waals surface area contributed by atoms with Crippen LogP contribution in [0.15, 0.2) is 30.9 Å². The summed E-state index contributed by atoms with van der Waals surface area (Å²) in [5, 5.41) is 0. The SMILES string of the molecule is C=CCN(c1cccc(F)c1C(C)N)C1CC1. The fourth-order valence-corrected chi connectivity index (χ4v) is 2.20. The molecule has 1 fully saturated rings. The lowest BCUT2D eigenvalue weighted by atomic mass is 10.0. The molecule has 1 aromatic carbocycles. The number of hydrogen-bond acceptors (Lipinski definition) is 2. The van der Waals surface area contributed by atoms with Crippen LogP contribution >= 0.6 is 0 Å². The maximum atomic E-state index is 13.9. The van der Waals surface area contributed by atoms with Crippen LogP contribution in [-0.4, -0.2) is 12.6 Å². The van der Waals surface area contributed by atoms with Crippen LogP contribution in [0.5, 0.6) is 0 Å². The summed E-state index contributed by atoms with van der Waals surface area (Å²) in [6.45, 7) is 6.33. The largest absolute Gasteiger partial charge is 0.364 e. The molecule has 0 spiro atoms. The van der Waals surface area contributed by atoms with Gasteiger partial charge in [-0.05, 0) is 31.9 Å². The highest BCUT2D eigenvalue weighted by Crippen LogP contribution is 2.36. The van der Waals surface area contributed by atoms with Crippen LogP contribution in [0, 0.1) is 5.82 Å². The molecule has 0 heterocycles. The first-order chi connectivity index (χ1) is 8.15. The highest BCUT2D eigenvalue weighted by Gasteiger charge is 2.30. The van der Waals surface area contributed by atoms with E-state index < -0.39 is 0 Å². The zero-order valence-electron chi connectivity index (χ0n) is 10.2. The molecule has 0 aliphatic heterocycles. The molecule has 0 aromatic heterocycles. The van der Waals surface area contributed by atoms with E-state index in [-0.39, 0.29) is 11.9 Å². The molecule has 2 nitrogen and oxygen atoms in total. The highest BCUT2D eigenvalue weighted by atomic mass is 19.1. The van der Waals surface area contributed by atoms with Crippen LogP contribution in [0.25, 0.3) is 0 Å². The summed E-state index contributed by atoms with van der Waals surface area (Å²) < 4.78 is 13.9. The number of nitrogens with zero attached hydrogens (tertiary/aromatic N) is 1. The third kappa shape index (κ3) is 2.50. The van der Waals surface area contributed by atoms with Crippen molar-refractivity contribution >= 4 is 5.69 Å². The van der Waals surface area contributed by atoms with E-state index in [4.69, 9.17) is 5.73 Å². The summed E-state index contributed by atoms with van der Waals surface area (Å²) in [5.41, 5.74) is 7.41. The van der Waals surface area contributed by atoms with Crippen molar-refractivity contribution < 1.29 is 4.39 Å². The minimum Gasteiger partial charge on any atom is -0.364 e. The molecule has 0 bridgehead atoms. The first-order valence-corrected chi connectivity index (χ1v) is 6.06. The molecule has 92 valence electrons. The van der Waals surface area contributed by atoms with E-state index in [2.05, 4.69) is 11.5 Å². The molecule has 0 radical (unpaired) electrons. The summed E-state index contributed by atoms with van der Waals surface area (Å²) >= 11 is 0. The van der Waals surface area contributed by atoms with Crippen molar-refractivity contribution in [3.63, 3.8) is 0 Å². The number of anilines is 1. The van der Waals surface area contributed by atoms with E-state index in [1.165, 1.54) is 18.9 Å². The lowest BCUT2D eigenvalue weighted by molar-refractivity contribution is 0.592. The maximum Gasteiger partial charge on any atom is 0.130 e. The highest BCUT2D eigenvalue weighted by molar-refractivity contribution is 5.57. The van der Waals surface area contributed by atoms with Gasteiger partial charge in [-0.2, -0.15) is 0 Å². The van der Waals surface area contributed by atoms with Crippen molar-refractivity contribution in [2.24, 2.45) is 5.73 Å². The summed E-state index contributed by atoms with van der Waals surface area (Å²) in [7, 11) is 0. The molecule has 1 aliphatic carbocycles. The van der Waals surface area contributed by atoms with Gasteiger partial charge < -0.3 is 10.6 Å². The van der Waals surface area contributed by atoms with Gasteiger partial charge in [0.25, 0.3) is 0 Å². The zero-order chi connectivity index (χ0) is 12.4. The number of hydrogen-bond donors (Lipinski definition) is 1. The van der Waals surface area contributed by atoms with Crippen LogP contribution < -0.4 is 10.6 Å². The first-order valence-electron chi connectivity index (χ1n) is 6.06. The van der Waals surface area contributed by atoms with Crippen LogP contribution in [0.2, 0.25) is 0 Å². The summed E-state index contributed by atoms with van der Waals surface area (Å²) in [5.74, 6) is -0.216. The Balaban J connectivity index is 2.41. The van der Waals surface area contributed by atoms with E-state index in [0.29, 0.717) is 11.6 Å². The van der Waals surface area contributed by atoms with Gasteiger partial charge in [0.2, 0.25) is 0 Å². The van der Waals surface area contributed by atoms with Gasteiger partial charge in [-0.15, -0.1) is 6.58 Å². The zero-order valence-corrected chi connectivity index (χ0v) is 10.2. The lowest BCUT2D eigenvalue weighted by Crippen LogP contribution is -2.28. The minimum atomic E-state index is -0.294. The predicted octanol–water partition coefficient (Wildman–Crippen LogP) is 3.00. The van der Waals surface area contributed by atoms with E-state index in [0.717, 1.165) is 12.2 Å². The van der Waals surface area contributed by atoms with Gasteiger partial charge >= 0.3 is 0 Å². The summed E-state index contributed by atoms with van der Waals surface area (Å²) in [4.78, 5) is 2.20. The predicted molar refractivity (Wildman–Crippen MR) is 69.6 cm³/mol. The molecule has 3 heteroatoms. The molecule has 1 unspecified atom stereocenters. The normalized spacial score (nSPS) is 16.6. The Kier molecular flexibility index (Phi) is 3.48. The molecular formula is C14H19FN2. The molecule has 0 saturated heterocycles. The molecule has 1 aromatic rings. The molecular weight excluding hydrogens is 215 g/mol. The number of halogens is 1. The number of benzene rings is 1. The second kappa shape index (κ2) is 4.88. The first kappa shape index (κ1) is 12.1. The minimum absolute atomic E-state index is 0.216. The van der Waals surface area contributed by atoms with E-state index in [9.17, 15) is 4.39 Å². The molecule has 17 heavy (non-hydrogen) atoms. The van der Waals surface area contributed by atoms with Gasteiger partial charge in [-0.3, -0.25) is 0 Å². The Bertz CT molecular complexity index is 411. The van der Waals surface area contributed by atoms with Crippen molar-refractivity contribution in [3.05, 3.63) is 42.2 Å². The quantitative estimate of drug-likeness (QED) is 0.793. The van der Waals surface area contributed by atoms with Gasteiger partial charge in [0.1, 0.15) is 5.82 Å². The Morgan fingerprint density at radius 3 is 2.82 bits per heavy atom. The van der Waals surface area contributed by atoms with Crippen molar-refractivity contribution in [1.82, 2.24) is 0 Å². The molecule has 1 aliphatic rings. The number of nitrogens with two attached hydrogens (primary N) is 1. The van der Waals surface area contributed by atoms with Gasteiger partial charge in [-0.1, -0.05) is 12.1 Å². The van der Waals surface area contributed by atoms with Crippen molar-refractivity contribution in [2.75, 3.05) is 11.4 Å². The van der Waals surface area contributed by atoms with Crippen LogP contribution in [-0.2, 0) is 0 Å². The molecule has 0 amide bonds. The standard InChI is InChI=1S/C14H19FN2/c1-3-9-17(11-7-8-11)13-6-4-5-12(15)14(13)10(2)16/h3-6,10-11H,1,7-9,16H2,2H3. The van der Waals surface area contributed by atoms with Crippen molar-refractivity contribution in [2.45, 2.75) is 31.8 Å². The topological polar surface area (TPSA) is 29.3 Å². The van der Waals surface area contributed by atoms with Gasteiger partial charge in [0.05, 0.1) is 0 Å². The van der Waals surface area contributed by atoms with Gasteiger partial charge in [0.15, 0.2) is 0 Å². The van der Waals surface area contributed by atoms with Gasteiger partial charge in [-0.25, -0.2) is 4.39 Å². The molecule has 1 atom stereocenters. The summed E-state index contributed by atoms with van der Waals surface area (Å²) in [6, 6.07) is 5.39. The summed E-state index contributed by atoms with van der Waals surface area (Å²) in [6.07, 6.45) is 4.19. The smallest absolute Gasteiger partial charge is 0.130 e. The van der Waals surface area contributed by atoms with E-state index in [1.54, 1.807) is 6.07 Å². The number of rotatable bonds is 5. The molecule has 2 rings (SSSR count). The fraction of sp³-hybridized carbons (Fsp3) is 0.429. The monoisotopic (exact) mass is 234 g/mol. The fourth-order valence-electron chi connectivity index (χ4n) is 2.20. The van der Waals surface area contributed by atoms with Crippen LogP contribution in [0.4, 0.5) is 10.1 Å². The lowest BCUT2D eigenvalue weighted by Gasteiger charge is -2.27. The Labute approximate surface area is 102 Å². The second-order valence-electron chi connectivity index (χ2n) is 4.63. The third-order valence-electron chi connectivity index (χ3n) is 3.11. The Morgan fingerprint density at radius 1 is 1.59 bits per heavy atom. The van der Waals surface area contributed by atoms with Crippen molar-refractivity contribution in [1.29, 1.82) is 0 Å². The average Bonchev–Trinajstić information content (AvgIpc) is 3.08. The second-order valence-corrected chi connectivity index (χ2v) is 4.63. The Hall–Kier alpha value is -1.35. The third-order valence-corrected chi connectivity index (χ3v) is 3.11. The molecule has 1 saturated carbocycles. The van der Waals surface area contributed by atoms with Crippen LogP contribution in [0.3, 0.4) is 0 Å². The average molecular weight is 234 g/mol. The van der Waals surface area contributed by atoms with Crippen molar-refractivity contribution in [3.8, 4) is 0 Å². The maximum absolute atomic E-state index is 13.9. The molecule has 2 N–H and O–H groups in total. The van der Waals surface area contributed by atoms with E-state index in [1.807, 2.05) is 19.1 Å². The Morgan fingerprint density at radius 2 is 2.29 bits per heavy atom. The van der Waals surface area contributed by atoms with Crippen LogP contribution in [0.1, 0.15) is 31.4 Å². The van der Waals surface area contributed by atoms with E-state index >= 15 is 0 Å².